The van der Waals surface area contributed by atoms with E-state index in [-0.39, 0.29) is 11.9 Å². The molecular formula is C19H26Cl2N2O2. The molecule has 1 aromatic rings. The highest BCUT2D eigenvalue weighted by atomic mass is 35.5. The molecule has 25 heavy (non-hydrogen) atoms. The van der Waals surface area contributed by atoms with Crippen molar-refractivity contribution < 1.29 is 9.53 Å². The molecule has 1 aromatic carbocycles. The van der Waals surface area contributed by atoms with Gasteiger partial charge in [0.15, 0.2) is 0 Å². The lowest BCUT2D eigenvalue weighted by molar-refractivity contribution is -0.119. The number of hydrogen-bond acceptors (Lipinski definition) is 3. The maximum absolute atomic E-state index is 12.6. The average Bonchev–Trinajstić information content (AvgIpc) is 3.01. The summed E-state index contributed by atoms with van der Waals surface area (Å²) in [6.45, 7) is 5.73. The fourth-order valence-electron chi connectivity index (χ4n) is 3.10. The Morgan fingerprint density at radius 2 is 2.12 bits per heavy atom. The molecule has 0 saturated carbocycles. The van der Waals surface area contributed by atoms with Crippen LogP contribution in [-0.4, -0.2) is 37.0 Å². The standard InChI is InChI=1S/C19H26Cl2N2O2/c1-4-23-11-10-17(25-3)18(23)19(24)22-13(2)6-5-7-14-8-9-15(20)16(21)12-14/h8-9,12-13H,4-7,10-11H2,1-3H3,(H,22,24). The maximum atomic E-state index is 12.6. The van der Waals surface area contributed by atoms with Crippen molar-refractivity contribution in [1.82, 2.24) is 10.2 Å². The lowest BCUT2D eigenvalue weighted by atomic mass is 10.1. The maximum Gasteiger partial charge on any atom is 0.271 e. The van der Waals surface area contributed by atoms with E-state index >= 15 is 0 Å². The molecular weight excluding hydrogens is 359 g/mol. The Morgan fingerprint density at radius 3 is 2.76 bits per heavy atom. The highest BCUT2D eigenvalue weighted by molar-refractivity contribution is 6.42. The van der Waals surface area contributed by atoms with Gasteiger partial charge in [-0.25, -0.2) is 0 Å². The van der Waals surface area contributed by atoms with E-state index in [4.69, 9.17) is 27.9 Å². The molecule has 6 heteroatoms. The topological polar surface area (TPSA) is 41.6 Å². The zero-order valence-electron chi connectivity index (χ0n) is 15.1. The zero-order valence-corrected chi connectivity index (χ0v) is 16.6. The van der Waals surface area contributed by atoms with Gasteiger partial charge in [-0.3, -0.25) is 4.79 Å². The third-order valence-electron chi connectivity index (χ3n) is 4.50. The van der Waals surface area contributed by atoms with Gasteiger partial charge in [-0.2, -0.15) is 0 Å². The summed E-state index contributed by atoms with van der Waals surface area (Å²) in [5.74, 6) is 0.737. The molecule has 1 aliphatic rings. The molecule has 0 bridgehead atoms. The third-order valence-corrected chi connectivity index (χ3v) is 5.24. The smallest absolute Gasteiger partial charge is 0.271 e. The lowest BCUT2D eigenvalue weighted by Gasteiger charge is -2.21. The summed E-state index contributed by atoms with van der Waals surface area (Å²) < 4.78 is 5.37. The third kappa shape index (κ3) is 5.29. The van der Waals surface area contributed by atoms with Gasteiger partial charge in [-0.05, 0) is 50.8 Å². The van der Waals surface area contributed by atoms with Crippen LogP contribution >= 0.6 is 23.2 Å². The Labute approximate surface area is 160 Å². The molecule has 1 atom stereocenters. The predicted octanol–water partition coefficient (Wildman–Crippen LogP) is 4.40. The van der Waals surface area contributed by atoms with Gasteiger partial charge in [-0.1, -0.05) is 29.3 Å². The number of carbonyl (C=O) groups excluding carboxylic acids is 1. The minimum atomic E-state index is -0.0433. The first kappa shape index (κ1) is 19.9. The normalized spacial score (nSPS) is 15.5. The van der Waals surface area contributed by atoms with Gasteiger partial charge in [0.2, 0.25) is 0 Å². The number of ether oxygens (including phenoxy) is 1. The van der Waals surface area contributed by atoms with Crippen LogP contribution in [0.2, 0.25) is 10.0 Å². The number of rotatable bonds is 8. The molecule has 0 aromatic heterocycles. The minimum Gasteiger partial charge on any atom is -0.499 e. The monoisotopic (exact) mass is 384 g/mol. The Hall–Kier alpha value is -1.39. The second kappa shape index (κ2) is 9.35. The van der Waals surface area contributed by atoms with Gasteiger partial charge in [-0.15, -0.1) is 0 Å². The highest BCUT2D eigenvalue weighted by Gasteiger charge is 2.28. The summed E-state index contributed by atoms with van der Waals surface area (Å²) in [5, 5.41) is 4.25. The van der Waals surface area contributed by atoms with Crippen molar-refractivity contribution in [1.29, 1.82) is 0 Å². The number of aryl methyl sites for hydroxylation is 1. The Kier molecular flexibility index (Phi) is 7.45. The van der Waals surface area contributed by atoms with Crippen LogP contribution in [0.15, 0.2) is 29.7 Å². The second-order valence-electron chi connectivity index (χ2n) is 6.32. The van der Waals surface area contributed by atoms with Crippen LogP contribution in [0.5, 0.6) is 0 Å². The Morgan fingerprint density at radius 1 is 1.36 bits per heavy atom. The fourth-order valence-corrected chi connectivity index (χ4v) is 3.42. The summed E-state index contributed by atoms with van der Waals surface area (Å²) in [6, 6.07) is 5.81. The van der Waals surface area contributed by atoms with Crippen LogP contribution in [0.25, 0.3) is 0 Å². The largest absolute Gasteiger partial charge is 0.499 e. The Balaban J connectivity index is 1.84. The molecule has 1 aliphatic heterocycles. The van der Waals surface area contributed by atoms with E-state index in [1.54, 1.807) is 7.11 Å². The van der Waals surface area contributed by atoms with E-state index < -0.39 is 0 Å². The molecule has 1 heterocycles. The van der Waals surface area contributed by atoms with Crippen molar-refractivity contribution >= 4 is 29.1 Å². The van der Waals surface area contributed by atoms with Crippen LogP contribution in [-0.2, 0) is 16.0 Å². The molecule has 0 spiro atoms. The SMILES string of the molecule is CCN1CCC(OC)=C1C(=O)NC(C)CCCc1ccc(Cl)c(Cl)c1. The minimum absolute atomic E-state index is 0.0433. The Bertz CT molecular complexity index is 646. The zero-order chi connectivity index (χ0) is 18.4. The van der Waals surface area contributed by atoms with Crippen molar-refractivity contribution in [3.8, 4) is 0 Å². The van der Waals surface area contributed by atoms with Crippen LogP contribution in [0.3, 0.4) is 0 Å². The number of nitrogens with one attached hydrogen (secondary N) is 1. The highest BCUT2D eigenvalue weighted by Crippen LogP contribution is 2.24. The number of carbonyl (C=O) groups is 1. The van der Waals surface area contributed by atoms with Crippen LogP contribution < -0.4 is 5.32 Å². The van der Waals surface area contributed by atoms with Gasteiger partial charge in [0.1, 0.15) is 11.5 Å². The van der Waals surface area contributed by atoms with Crippen molar-refractivity contribution in [2.24, 2.45) is 0 Å². The van der Waals surface area contributed by atoms with E-state index in [1.807, 2.05) is 32.0 Å². The lowest BCUT2D eigenvalue weighted by Crippen LogP contribution is -2.38. The van der Waals surface area contributed by atoms with Crippen LogP contribution in [0.1, 0.15) is 38.7 Å². The molecule has 0 radical (unpaired) electrons. The molecule has 2 rings (SSSR count). The summed E-state index contributed by atoms with van der Waals surface area (Å²) in [6.07, 6.45) is 3.56. The first-order valence-electron chi connectivity index (χ1n) is 8.73. The number of amides is 1. The van der Waals surface area contributed by atoms with Crippen molar-refractivity contribution in [2.75, 3.05) is 20.2 Å². The first-order chi connectivity index (χ1) is 12.0. The second-order valence-corrected chi connectivity index (χ2v) is 7.14. The van der Waals surface area contributed by atoms with Gasteiger partial charge in [0.05, 0.1) is 17.2 Å². The van der Waals surface area contributed by atoms with Crippen molar-refractivity contribution in [2.45, 2.75) is 45.6 Å². The summed E-state index contributed by atoms with van der Waals surface area (Å²) >= 11 is 12.0. The number of nitrogens with zero attached hydrogens (tertiary/aromatic N) is 1. The number of likely N-dealkylation sites (N-methyl/N-ethyl adjacent to an activating group) is 1. The number of hydrogen-bond donors (Lipinski definition) is 1. The molecule has 0 aliphatic carbocycles. The van der Waals surface area contributed by atoms with E-state index in [1.165, 1.54) is 0 Å². The number of halogens is 2. The van der Waals surface area contributed by atoms with E-state index in [0.717, 1.165) is 50.1 Å². The summed E-state index contributed by atoms with van der Waals surface area (Å²) in [4.78, 5) is 14.7. The van der Waals surface area contributed by atoms with E-state index in [0.29, 0.717) is 15.7 Å². The molecule has 1 amide bonds. The van der Waals surface area contributed by atoms with Gasteiger partial charge in [0, 0.05) is 25.6 Å². The number of benzene rings is 1. The van der Waals surface area contributed by atoms with E-state index in [9.17, 15) is 4.79 Å². The summed E-state index contributed by atoms with van der Waals surface area (Å²) in [5.41, 5.74) is 1.84. The average molecular weight is 385 g/mol. The molecule has 0 fully saturated rings. The van der Waals surface area contributed by atoms with Gasteiger partial charge >= 0.3 is 0 Å². The molecule has 1 N–H and O–H groups in total. The predicted molar refractivity (Wildman–Crippen MR) is 103 cm³/mol. The summed E-state index contributed by atoms with van der Waals surface area (Å²) in [7, 11) is 1.63. The molecule has 4 nitrogen and oxygen atoms in total. The van der Waals surface area contributed by atoms with Crippen molar-refractivity contribution in [3.05, 3.63) is 45.3 Å². The van der Waals surface area contributed by atoms with Crippen LogP contribution in [0, 0.1) is 0 Å². The van der Waals surface area contributed by atoms with Crippen molar-refractivity contribution in [3.63, 3.8) is 0 Å². The van der Waals surface area contributed by atoms with E-state index in [2.05, 4.69) is 10.2 Å². The quantitative estimate of drug-likeness (QED) is 0.721. The number of methoxy groups -OCH3 is 1. The molecule has 0 saturated heterocycles. The van der Waals surface area contributed by atoms with Gasteiger partial charge < -0.3 is 15.0 Å². The molecule has 138 valence electrons. The van der Waals surface area contributed by atoms with Gasteiger partial charge in [0.25, 0.3) is 5.91 Å². The van der Waals surface area contributed by atoms with Crippen LogP contribution in [0.4, 0.5) is 0 Å². The molecule has 1 unspecified atom stereocenters. The fraction of sp³-hybridized carbons (Fsp3) is 0.526. The first-order valence-corrected chi connectivity index (χ1v) is 9.48.